The number of nitrogens with zero attached hydrogens (tertiary/aromatic N) is 2. The normalized spacial score (nSPS) is 12.2. The van der Waals surface area contributed by atoms with Gasteiger partial charge < -0.3 is 0 Å². The number of rotatable bonds is 2. The molecule has 0 aliphatic carbocycles. The zero-order valence-corrected chi connectivity index (χ0v) is 8.83. The van der Waals surface area contributed by atoms with Gasteiger partial charge in [-0.05, 0) is 0 Å². The summed E-state index contributed by atoms with van der Waals surface area (Å²) in [5, 5.41) is 7.24. The van der Waals surface area contributed by atoms with Crippen molar-refractivity contribution in [1.29, 1.82) is 0 Å². The molecular formula is C7H9AsN2O3. The average molecular weight is 244 g/mol. The molecule has 5 nitrogen and oxygen atoms in total. The van der Waals surface area contributed by atoms with E-state index < -0.39 is 14.2 Å². The summed E-state index contributed by atoms with van der Waals surface area (Å²) in [6.07, 6.45) is 0. The first-order chi connectivity index (χ1) is 6.04. The molecule has 0 saturated heterocycles. The monoisotopic (exact) mass is 244 g/mol. The van der Waals surface area contributed by atoms with Gasteiger partial charge in [-0.3, -0.25) is 0 Å². The second-order valence-corrected chi connectivity index (χ2v) is 5.73. The van der Waals surface area contributed by atoms with Crippen LogP contribution in [0.25, 0.3) is 0 Å². The Balaban J connectivity index is 3.01. The van der Waals surface area contributed by atoms with Gasteiger partial charge in [0.05, 0.1) is 0 Å². The Kier molecular flexibility index (Phi) is 3.03. The number of benzene rings is 1. The average Bonchev–Trinajstić information content (AvgIpc) is 2.04. The second-order valence-electron chi connectivity index (χ2n) is 2.36. The molecule has 0 atom stereocenters. The molecule has 1 rings (SSSR count). The topological polar surface area (TPSA) is 82.2 Å². The molecule has 0 heterocycles. The molecule has 1 aromatic carbocycles. The van der Waals surface area contributed by atoms with Gasteiger partial charge in [0.2, 0.25) is 0 Å². The molecule has 0 bridgehead atoms. The molecule has 13 heavy (non-hydrogen) atoms. The Morgan fingerprint density at radius 1 is 1.23 bits per heavy atom. The Morgan fingerprint density at radius 3 is 2.15 bits per heavy atom. The molecule has 0 fully saturated rings. The third-order valence-corrected chi connectivity index (χ3v) is 3.44. The molecule has 0 radical (unpaired) electrons. The van der Waals surface area contributed by atoms with Crippen LogP contribution in [0.1, 0.15) is 0 Å². The molecule has 0 unspecified atom stereocenters. The Bertz CT molecular complexity index is 355. The van der Waals surface area contributed by atoms with Crippen LogP contribution >= 0.6 is 0 Å². The molecule has 0 aromatic heterocycles. The van der Waals surface area contributed by atoms with Crippen molar-refractivity contribution in [3.8, 4) is 0 Å². The summed E-state index contributed by atoms with van der Waals surface area (Å²) in [5.74, 6) is 0. The molecule has 2 N–H and O–H groups in total. The zero-order valence-electron chi connectivity index (χ0n) is 6.95. The van der Waals surface area contributed by atoms with E-state index in [1.807, 2.05) is 0 Å². The Labute approximate surface area is 78.1 Å². The van der Waals surface area contributed by atoms with Crippen LogP contribution in [0, 0.1) is 0 Å². The van der Waals surface area contributed by atoms with Gasteiger partial charge in [0, 0.05) is 0 Å². The molecule has 6 heteroatoms. The second kappa shape index (κ2) is 3.87. The van der Waals surface area contributed by atoms with E-state index in [-0.39, 0.29) is 4.35 Å². The van der Waals surface area contributed by atoms with E-state index in [0.29, 0.717) is 5.69 Å². The molecule has 0 spiro atoms. The molecule has 0 aliphatic rings. The first-order valence-corrected chi connectivity index (χ1v) is 6.88. The van der Waals surface area contributed by atoms with Crippen LogP contribution in [0.3, 0.4) is 0 Å². The molecule has 0 amide bonds. The Morgan fingerprint density at radius 2 is 1.77 bits per heavy atom. The van der Waals surface area contributed by atoms with Crippen molar-refractivity contribution in [3.05, 3.63) is 24.3 Å². The maximum atomic E-state index is 10.8. The van der Waals surface area contributed by atoms with Crippen LogP contribution in [0.2, 0.25) is 0 Å². The summed E-state index contributed by atoms with van der Waals surface area (Å²) in [6, 6.07) is 5.76. The van der Waals surface area contributed by atoms with E-state index in [1.54, 1.807) is 0 Å². The van der Waals surface area contributed by atoms with Crippen molar-refractivity contribution in [1.82, 2.24) is 0 Å². The molecule has 0 aliphatic heterocycles. The summed E-state index contributed by atoms with van der Waals surface area (Å²) in [4.78, 5) is 0. The van der Waals surface area contributed by atoms with Gasteiger partial charge in [0.1, 0.15) is 0 Å². The van der Waals surface area contributed by atoms with Crippen LogP contribution in [0.5, 0.6) is 0 Å². The molecule has 70 valence electrons. The number of hydrogen-bond acceptors (Lipinski definition) is 3. The van der Waals surface area contributed by atoms with Crippen LogP contribution in [0.4, 0.5) is 5.69 Å². The summed E-state index contributed by atoms with van der Waals surface area (Å²) in [5.41, 5.74) is 0.579. The van der Waals surface area contributed by atoms with Crippen molar-refractivity contribution >= 4 is 24.2 Å². The molecule has 0 saturated carbocycles. The van der Waals surface area contributed by atoms with Gasteiger partial charge in [0.15, 0.2) is 0 Å². The van der Waals surface area contributed by atoms with Crippen LogP contribution < -0.4 is 4.35 Å². The van der Waals surface area contributed by atoms with E-state index in [2.05, 4.69) is 10.2 Å². The van der Waals surface area contributed by atoms with Crippen molar-refractivity contribution in [2.24, 2.45) is 10.2 Å². The number of azo groups is 1. The van der Waals surface area contributed by atoms with Gasteiger partial charge in [-0.15, -0.1) is 0 Å². The standard InChI is InChI=1S/C7H9AsN2O3/c1-9-10-7-4-2-6(3-5-7)8(11,12)13/h2-5H,1H3,(H2,11,12,13). The van der Waals surface area contributed by atoms with Crippen molar-refractivity contribution < 1.29 is 11.9 Å². The molecule has 1 aromatic rings. The predicted molar refractivity (Wildman–Crippen MR) is 47.4 cm³/mol. The summed E-state index contributed by atoms with van der Waals surface area (Å²) in [6.45, 7) is 0. The summed E-state index contributed by atoms with van der Waals surface area (Å²) in [7, 11) is 1.53. The van der Waals surface area contributed by atoms with Gasteiger partial charge in [-0.1, -0.05) is 0 Å². The SMILES string of the molecule is CN=Nc1ccc([As](=O)(O)O)cc1. The van der Waals surface area contributed by atoms with Crippen LogP contribution in [0.15, 0.2) is 34.5 Å². The van der Waals surface area contributed by atoms with E-state index in [9.17, 15) is 3.74 Å². The first-order valence-electron chi connectivity index (χ1n) is 3.50. The molecular weight excluding hydrogens is 235 g/mol. The van der Waals surface area contributed by atoms with Crippen molar-refractivity contribution in [3.63, 3.8) is 0 Å². The van der Waals surface area contributed by atoms with Crippen LogP contribution in [-0.2, 0) is 3.74 Å². The number of hydrogen-bond donors (Lipinski definition) is 2. The predicted octanol–water partition coefficient (Wildman–Crippen LogP) is -0.0389. The van der Waals surface area contributed by atoms with Gasteiger partial charge in [0.25, 0.3) is 0 Å². The fourth-order valence-electron chi connectivity index (χ4n) is 0.829. The third-order valence-electron chi connectivity index (χ3n) is 1.40. The van der Waals surface area contributed by atoms with Gasteiger partial charge >= 0.3 is 77.7 Å². The fourth-order valence-corrected chi connectivity index (χ4v) is 1.96. The minimum atomic E-state index is -4.72. The third kappa shape index (κ3) is 2.80. The van der Waals surface area contributed by atoms with E-state index in [0.717, 1.165) is 0 Å². The first kappa shape index (κ1) is 10.2. The quantitative estimate of drug-likeness (QED) is 0.565. The van der Waals surface area contributed by atoms with Gasteiger partial charge in [-0.2, -0.15) is 0 Å². The fraction of sp³-hybridized carbons (Fsp3) is 0.143. The Hall–Kier alpha value is -0.902. The van der Waals surface area contributed by atoms with Gasteiger partial charge in [-0.25, -0.2) is 0 Å². The van der Waals surface area contributed by atoms with Crippen molar-refractivity contribution in [2.45, 2.75) is 0 Å². The minimum absolute atomic E-state index is 0.0492. The zero-order chi connectivity index (χ0) is 9.90. The van der Waals surface area contributed by atoms with E-state index in [1.165, 1.54) is 31.3 Å². The summed E-state index contributed by atoms with van der Waals surface area (Å²) >= 11 is -4.72. The van der Waals surface area contributed by atoms with Crippen molar-refractivity contribution in [2.75, 3.05) is 7.05 Å². The summed E-state index contributed by atoms with van der Waals surface area (Å²) < 4.78 is 28.5. The van der Waals surface area contributed by atoms with E-state index in [4.69, 9.17) is 8.19 Å². The maximum absolute atomic E-state index is 10.8. The van der Waals surface area contributed by atoms with E-state index >= 15 is 0 Å². The van der Waals surface area contributed by atoms with Crippen LogP contribution in [-0.4, -0.2) is 29.4 Å².